The van der Waals surface area contributed by atoms with Crippen molar-refractivity contribution in [3.05, 3.63) is 35.4 Å². The van der Waals surface area contributed by atoms with Gasteiger partial charge in [-0.15, -0.1) is 0 Å². The fourth-order valence-corrected chi connectivity index (χ4v) is 2.42. The molecule has 0 aromatic heterocycles. The fourth-order valence-electron chi connectivity index (χ4n) is 2.42. The standard InChI is InChI=1S/C13H10N2O4/c16-10-6-5-9(11(17)14-10)15-12(18)7-3-1-2-4-8(7)13(15)19/h1-4,9H,5-6H2,(H,14,16,17)/i6+1,11+1. The lowest BCUT2D eigenvalue weighted by atomic mass is 10.1. The number of rotatable bonds is 1. The second kappa shape index (κ2) is 4.01. The highest BCUT2D eigenvalue weighted by Gasteiger charge is 2.44. The van der Waals surface area contributed by atoms with Gasteiger partial charge in [0.1, 0.15) is 6.04 Å². The first-order valence-corrected chi connectivity index (χ1v) is 5.90. The van der Waals surface area contributed by atoms with E-state index in [1.165, 1.54) is 0 Å². The van der Waals surface area contributed by atoms with Gasteiger partial charge in [-0.3, -0.25) is 29.4 Å². The van der Waals surface area contributed by atoms with Crippen molar-refractivity contribution in [2.24, 2.45) is 0 Å². The first kappa shape index (κ1) is 11.6. The van der Waals surface area contributed by atoms with E-state index in [0.717, 1.165) is 4.90 Å². The zero-order valence-corrected chi connectivity index (χ0v) is 9.88. The van der Waals surface area contributed by atoms with Crippen LogP contribution in [0.25, 0.3) is 0 Å². The molecule has 1 fully saturated rings. The highest BCUT2D eigenvalue weighted by molar-refractivity contribution is 6.23. The highest BCUT2D eigenvalue weighted by Crippen LogP contribution is 2.26. The summed E-state index contributed by atoms with van der Waals surface area (Å²) in [4.78, 5) is 48.1. The average molecular weight is 260 g/mol. The number of imide groups is 2. The molecule has 6 heteroatoms. The van der Waals surface area contributed by atoms with Crippen molar-refractivity contribution in [1.82, 2.24) is 10.2 Å². The molecule has 1 aromatic rings. The molecule has 2 aliphatic rings. The van der Waals surface area contributed by atoms with Crippen LogP contribution in [0.2, 0.25) is 0 Å². The van der Waals surface area contributed by atoms with Crippen LogP contribution in [0.5, 0.6) is 0 Å². The minimum atomic E-state index is -0.898. The predicted molar refractivity (Wildman–Crippen MR) is 63.1 cm³/mol. The molecule has 0 saturated carbocycles. The molecule has 0 aliphatic carbocycles. The fraction of sp³-hybridized carbons (Fsp3) is 0.231. The molecule has 1 aromatic carbocycles. The van der Waals surface area contributed by atoms with E-state index in [0.29, 0.717) is 11.1 Å². The van der Waals surface area contributed by atoms with E-state index in [4.69, 9.17) is 0 Å². The second-order valence-electron chi connectivity index (χ2n) is 4.49. The number of hydrogen-bond donors (Lipinski definition) is 1. The Morgan fingerprint density at radius 3 is 2.11 bits per heavy atom. The molecule has 2 aliphatic heterocycles. The molecule has 1 N–H and O–H groups in total. The van der Waals surface area contributed by atoms with Gasteiger partial charge in [-0.05, 0) is 18.6 Å². The molecule has 0 spiro atoms. The van der Waals surface area contributed by atoms with E-state index >= 15 is 0 Å². The zero-order chi connectivity index (χ0) is 13.6. The molecule has 19 heavy (non-hydrogen) atoms. The molecule has 96 valence electrons. The minimum Gasteiger partial charge on any atom is -0.295 e. The third kappa shape index (κ3) is 1.64. The molecular formula is C13H10N2O4. The van der Waals surface area contributed by atoms with Gasteiger partial charge in [-0.1, -0.05) is 12.1 Å². The summed E-state index contributed by atoms with van der Waals surface area (Å²) in [7, 11) is 0. The summed E-state index contributed by atoms with van der Waals surface area (Å²) in [6, 6.07) is 5.55. The maximum Gasteiger partial charge on any atom is 0.262 e. The third-order valence-electron chi connectivity index (χ3n) is 3.35. The lowest BCUT2D eigenvalue weighted by molar-refractivity contribution is -0.136. The van der Waals surface area contributed by atoms with Crippen molar-refractivity contribution < 1.29 is 19.2 Å². The monoisotopic (exact) mass is 260 g/mol. The van der Waals surface area contributed by atoms with Gasteiger partial charge in [0.2, 0.25) is 11.8 Å². The maximum absolute atomic E-state index is 12.2. The third-order valence-corrected chi connectivity index (χ3v) is 3.35. The summed E-state index contributed by atoms with van der Waals surface area (Å²) in [5.74, 6) is -1.92. The smallest absolute Gasteiger partial charge is 0.262 e. The molecule has 0 radical (unpaired) electrons. The number of nitrogens with one attached hydrogen (secondary N) is 1. The molecule has 3 rings (SSSR count). The van der Waals surface area contributed by atoms with Gasteiger partial charge in [0.25, 0.3) is 11.8 Å². The number of carbonyl (C=O) groups is 4. The summed E-state index contributed by atoms with van der Waals surface area (Å²) < 4.78 is 0. The lowest BCUT2D eigenvalue weighted by Crippen LogP contribution is -2.54. The average Bonchev–Trinajstić information content (AvgIpc) is 2.64. The Bertz CT molecular complexity index is 588. The lowest BCUT2D eigenvalue weighted by Gasteiger charge is -2.27. The van der Waals surface area contributed by atoms with E-state index in [-0.39, 0.29) is 18.7 Å². The molecule has 1 unspecified atom stereocenters. The topological polar surface area (TPSA) is 83.6 Å². The van der Waals surface area contributed by atoms with Crippen LogP contribution in [-0.4, -0.2) is 34.6 Å². The normalized spacial score (nSPS) is 22.5. The largest absolute Gasteiger partial charge is 0.295 e. The number of fused-ring (bicyclic) bond motifs is 1. The van der Waals surface area contributed by atoms with Crippen molar-refractivity contribution in [3.8, 4) is 0 Å². The van der Waals surface area contributed by atoms with Crippen LogP contribution in [0, 0.1) is 0 Å². The number of carbonyl (C=O) groups excluding carboxylic acids is 4. The first-order chi connectivity index (χ1) is 9.09. The molecule has 1 atom stereocenters. The SMILES string of the molecule is O=C1[13CH2]CC(N2C(=O)c3ccccc3C2=O)[13C](=O)N1. The van der Waals surface area contributed by atoms with Crippen molar-refractivity contribution in [3.63, 3.8) is 0 Å². The van der Waals surface area contributed by atoms with Crippen molar-refractivity contribution in [2.75, 3.05) is 0 Å². The number of amides is 4. The van der Waals surface area contributed by atoms with Gasteiger partial charge >= 0.3 is 0 Å². The van der Waals surface area contributed by atoms with E-state index in [1.54, 1.807) is 24.3 Å². The molecule has 6 nitrogen and oxygen atoms in total. The quantitative estimate of drug-likeness (QED) is 0.573. The van der Waals surface area contributed by atoms with Gasteiger partial charge < -0.3 is 0 Å². The van der Waals surface area contributed by atoms with Crippen molar-refractivity contribution >= 4 is 23.6 Å². The first-order valence-electron chi connectivity index (χ1n) is 5.90. The Morgan fingerprint density at radius 1 is 1.00 bits per heavy atom. The Balaban J connectivity index is 1.96. The van der Waals surface area contributed by atoms with Gasteiger partial charge in [0.05, 0.1) is 11.1 Å². The van der Waals surface area contributed by atoms with Crippen LogP contribution in [-0.2, 0) is 9.59 Å². The summed E-state index contributed by atoms with van der Waals surface area (Å²) in [5, 5.41) is 2.15. The summed E-state index contributed by atoms with van der Waals surface area (Å²) in [5.41, 5.74) is 0.606. The van der Waals surface area contributed by atoms with Crippen molar-refractivity contribution in [2.45, 2.75) is 18.9 Å². The Hall–Kier alpha value is -2.50. The van der Waals surface area contributed by atoms with Crippen LogP contribution >= 0.6 is 0 Å². The molecule has 4 amide bonds. The van der Waals surface area contributed by atoms with Gasteiger partial charge in [-0.25, -0.2) is 0 Å². The summed E-state index contributed by atoms with van der Waals surface area (Å²) >= 11 is 0. The number of nitrogens with zero attached hydrogens (tertiary/aromatic N) is 1. The summed E-state index contributed by atoms with van der Waals surface area (Å²) in [6.07, 6.45) is 0.306. The highest BCUT2D eigenvalue weighted by atomic mass is 16.2. The number of benzene rings is 1. The van der Waals surface area contributed by atoms with Gasteiger partial charge in [-0.2, -0.15) is 0 Å². The second-order valence-corrected chi connectivity index (χ2v) is 4.49. The van der Waals surface area contributed by atoms with E-state index in [9.17, 15) is 19.2 Å². The Kier molecular flexibility index (Phi) is 2.45. The molecule has 2 heterocycles. The molecular weight excluding hydrogens is 250 g/mol. The van der Waals surface area contributed by atoms with E-state index < -0.39 is 23.8 Å². The number of hydrogen-bond acceptors (Lipinski definition) is 4. The molecule has 1 saturated heterocycles. The zero-order valence-electron chi connectivity index (χ0n) is 9.88. The van der Waals surface area contributed by atoms with Crippen molar-refractivity contribution in [1.29, 1.82) is 0 Å². The summed E-state index contributed by atoms with van der Waals surface area (Å²) in [6.45, 7) is 0. The predicted octanol–water partition coefficient (Wildman–Crippen LogP) is 0.0878. The van der Waals surface area contributed by atoms with Crippen LogP contribution in [0.4, 0.5) is 0 Å². The van der Waals surface area contributed by atoms with E-state index in [1.807, 2.05) is 0 Å². The van der Waals surface area contributed by atoms with Gasteiger partial charge in [0, 0.05) is 6.42 Å². The Labute approximate surface area is 108 Å². The van der Waals surface area contributed by atoms with Crippen LogP contribution in [0.3, 0.4) is 0 Å². The van der Waals surface area contributed by atoms with E-state index in [2.05, 4.69) is 5.32 Å². The van der Waals surface area contributed by atoms with Gasteiger partial charge in [0.15, 0.2) is 0 Å². The number of piperidine rings is 1. The van der Waals surface area contributed by atoms with Crippen LogP contribution in [0.1, 0.15) is 33.6 Å². The molecule has 0 bridgehead atoms. The van der Waals surface area contributed by atoms with Crippen LogP contribution < -0.4 is 5.32 Å². The Morgan fingerprint density at radius 2 is 1.58 bits per heavy atom. The maximum atomic E-state index is 12.2. The minimum absolute atomic E-state index is 0.129. The van der Waals surface area contributed by atoms with Crippen LogP contribution in [0.15, 0.2) is 24.3 Å².